The standard InChI is InChI=1S/C17H20ClNO4S/c1-4-23-14-7-5-6-13(10-14)12-19(2)24(20,21)15-8-9-17(22-3)16(18)11-15/h5-11H,4,12H2,1-3H3. The number of rotatable bonds is 7. The minimum atomic E-state index is -3.66. The van der Waals surface area contributed by atoms with E-state index >= 15 is 0 Å². The summed E-state index contributed by atoms with van der Waals surface area (Å²) in [5.74, 6) is 1.15. The fraction of sp³-hybridized carbons (Fsp3) is 0.294. The Balaban J connectivity index is 2.23. The Kier molecular flexibility index (Phi) is 6.10. The summed E-state index contributed by atoms with van der Waals surface area (Å²) in [5.41, 5.74) is 0.839. The maximum atomic E-state index is 12.7. The Morgan fingerprint density at radius 3 is 2.54 bits per heavy atom. The number of halogens is 1. The number of benzene rings is 2. The fourth-order valence-electron chi connectivity index (χ4n) is 2.23. The molecule has 0 bridgehead atoms. The summed E-state index contributed by atoms with van der Waals surface area (Å²) in [6.07, 6.45) is 0. The van der Waals surface area contributed by atoms with Gasteiger partial charge in [-0.1, -0.05) is 23.7 Å². The molecule has 0 saturated carbocycles. The van der Waals surface area contributed by atoms with E-state index in [1.54, 1.807) is 6.07 Å². The van der Waals surface area contributed by atoms with E-state index in [9.17, 15) is 8.42 Å². The van der Waals surface area contributed by atoms with Gasteiger partial charge in [-0.2, -0.15) is 4.31 Å². The molecule has 0 amide bonds. The first-order valence-electron chi connectivity index (χ1n) is 7.40. The molecule has 7 heteroatoms. The summed E-state index contributed by atoms with van der Waals surface area (Å²) in [4.78, 5) is 0.122. The highest BCUT2D eigenvalue weighted by Gasteiger charge is 2.22. The first-order chi connectivity index (χ1) is 11.4. The van der Waals surface area contributed by atoms with Crippen LogP contribution in [0, 0.1) is 0 Å². The molecule has 0 aromatic heterocycles. The van der Waals surface area contributed by atoms with Crippen LogP contribution < -0.4 is 9.47 Å². The highest BCUT2D eigenvalue weighted by atomic mass is 35.5. The molecule has 0 aliphatic rings. The quantitative estimate of drug-likeness (QED) is 0.748. The molecule has 0 spiro atoms. The summed E-state index contributed by atoms with van der Waals surface area (Å²) < 4.78 is 37.2. The molecule has 0 fully saturated rings. The van der Waals surface area contributed by atoms with Gasteiger partial charge >= 0.3 is 0 Å². The van der Waals surface area contributed by atoms with Crippen LogP contribution >= 0.6 is 11.6 Å². The van der Waals surface area contributed by atoms with Gasteiger partial charge < -0.3 is 9.47 Å². The number of sulfonamides is 1. The molecular weight excluding hydrogens is 350 g/mol. The molecular formula is C17H20ClNO4S. The van der Waals surface area contributed by atoms with Gasteiger partial charge in [0.2, 0.25) is 10.0 Å². The molecule has 0 saturated heterocycles. The third kappa shape index (κ3) is 4.20. The Morgan fingerprint density at radius 2 is 1.92 bits per heavy atom. The third-order valence-corrected chi connectivity index (χ3v) is 5.54. The summed E-state index contributed by atoms with van der Waals surface area (Å²) in [6.45, 7) is 2.69. The first kappa shape index (κ1) is 18.6. The maximum absolute atomic E-state index is 12.7. The van der Waals surface area contributed by atoms with E-state index in [0.29, 0.717) is 18.1 Å². The van der Waals surface area contributed by atoms with E-state index in [1.165, 1.54) is 30.6 Å². The second-order valence-corrected chi connectivity index (χ2v) is 7.59. The van der Waals surface area contributed by atoms with Crippen molar-refractivity contribution in [3.63, 3.8) is 0 Å². The average Bonchev–Trinajstić information content (AvgIpc) is 2.55. The predicted octanol–water partition coefficient (Wildman–Crippen LogP) is 3.57. The van der Waals surface area contributed by atoms with Crippen molar-refractivity contribution in [3.8, 4) is 11.5 Å². The highest BCUT2D eigenvalue weighted by Crippen LogP contribution is 2.28. The zero-order valence-corrected chi connectivity index (χ0v) is 15.4. The van der Waals surface area contributed by atoms with Crippen LogP contribution in [0.3, 0.4) is 0 Å². The SMILES string of the molecule is CCOc1cccc(CN(C)S(=O)(=O)c2ccc(OC)c(Cl)c2)c1. The largest absolute Gasteiger partial charge is 0.495 e. The minimum absolute atomic E-state index is 0.122. The zero-order valence-electron chi connectivity index (χ0n) is 13.8. The van der Waals surface area contributed by atoms with Crippen molar-refractivity contribution >= 4 is 21.6 Å². The molecule has 24 heavy (non-hydrogen) atoms. The van der Waals surface area contributed by atoms with Gasteiger partial charge in [-0.15, -0.1) is 0 Å². The Labute approximate surface area is 147 Å². The average molecular weight is 370 g/mol. The smallest absolute Gasteiger partial charge is 0.243 e. The molecule has 2 aromatic carbocycles. The molecule has 0 N–H and O–H groups in total. The molecule has 0 radical (unpaired) electrons. The summed E-state index contributed by atoms with van der Waals surface area (Å²) in [7, 11) is -0.650. The molecule has 130 valence electrons. The van der Waals surface area contributed by atoms with E-state index in [1.807, 2.05) is 31.2 Å². The number of ether oxygens (including phenoxy) is 2. The lowest BCUT2D eigenvalue weighted by Crippen LogP contribution is -2.26. The molecule has 5 nitrogen and oxygen atoms in total. The van der Waals surface area contributed by atoms with Gasteiger partial charge in [0.25, 0.3) is 0 Å². The second kappa shape index (κ2) is 7.88. The molecule has 2 rings (SSSR count). The summed E-state index contributed by atoms with van der Waals surface area (Å²) >= 11 is 6.03. The lowest BCUT2D eigenvalue weighted by molar-refractivity contribution is 0.339. The third-order valence-electron chi connectivity index (χ3n) is 3.45. The van der Waals surface area contributed by atoms with Crippen LogP contribution in [0.1, 0.15) is 12.5 Å². The van der Waals surface area contributed by atoms with E-state index in [0.717, 1.165) is 5.56 Å². The lowest BCUT2D eigenvalue weighted by atomic mass is 10.2. The van der Waals surface area contributed by atoms with E-state index < -0.39 is 10.0 Å². The summed E-state index contributed by atoms with van der Waals surface area (Å²) in [6, 6.07) is 11.8. The van der Waals surface area contributed by atoms with E-state index in [2.05, 4.69) is 0 Å². The number of methoxy groups -OCH3 is 1. The minimum Gasteiger partial charge on any atom is -0.495 e. The maximum Gasteiger partial charge on any atom is 0.243 e. The first-order valence-corrected chi connectivity index (χ1v) is 9.22. The Hall–Kier alpha value is -1.76. The van der Waals surface area contributed by atoms with Gasteiger partial charge in [-0.25, -0.2) is 8.42 Å². The molecule has 0 heterocycles. The molecule has 0 unspecified atom stereocenters. The fourth-order valence-corrected chi connectivity index (χ4v) is 3.74. The number of hydrogen-bond donors (Lipinski definition) is 0. The van der Waals surface area contributed by atoms with E-state index in [4.69, 9.17) is 21.1 Å². The van der Waals surface area contributed by atoms with Crippen molar-refractivity contribution < 1.29 is 17.9 Å². The van der Waals surface area contributed by atoms with Gasteiger partial charge in [-0.3, -0.25) is 0 Å². The van der Waals surface area contributed by atoms with Gasteiger partial charge in [0.15, 0.2) is 0 Å². The lowest BCUT2D eigenvalue weighted by Gasteiger charge is -2.18. The van der Waals surface area contributed by atoms with Crippen LogP contribution in [0.5, 0.6) is 11.5 Å². The Morgan fingerprint density at radius 1 is 1.17 bits per heavy atom. The van der Waals surface area contributed by atoms with Crippen LogP contribution in [0.25, 0.3) is 0 Å². The summed E-state index contributed by atoms with van der Waals surface area (Å²) in [5, 5.41) is 0.255. The van der Waals surface area contributed by atoms with Crippen LogP contribution in [0.4, 0.5) is 0 Å². The number of nitrogens with zero attached hydrogens (tertiary/aromatic N) is 1. The van der Waals surface area contributed by atoms with Gasteiger partial charge in [0, 0.05) is 13.6 Å². The Bertz CT molecular complexity index is 808. The molecule has 0 aliphatic heterocycles. The van der Waals surface area contributed by atoms with Crippen LogP contribution in [0.2, 0.25) is 5.02 Å². The number of hydrogen-bond acceptors (Lipinski definition) is 4. The van der Waals surface area contributed by atoms with Crippen molar-refractivity contribution in [2.75, 3.05) is 20.8 Å². The topological polar surface area (TPSA) is 55.8 Å². The zero-order chi connectivity index (χ0) is 17.7. The van der Waals surface area contributed by atoms with Gasteiger partial charge in [0.1, 0.15) is 11.5 Å². The monoisotopic (exact) mass is 369 g/mol. The highest BCUT2D eigenvalue weighted by molar-refractivity contribution is 7.89. The van der Waals surface area contributed by atoms with Crippen molar-refractivity contribution in [1.29, 1.82) is 0 Å². The molecule has 0 atom stereocenters. The van der Waals surface area contributed by atoms with Crippen LogP contribution in [-0.2, 0) is 16.6 Å². The van der Waals surface area contributed by atoms with Crippen molar-refractivity contribution in [2.24, 2.45) is 0 Å². The van der Waals surface area contributed by atoms with Crippen molar-refractivity contribution in [3.05, 3.63) is 53.1 Å². The van der Waals surface area contributed by atoms with Gasteiger partial charge in [-0.05, 0) is 42.8 Å². The second-order valence-electron chi connectivity index (χ2n) is 5.14. The predicted molar refractivity (Wildman–Crippen MR) is 94.3 cm³/mol. The molecule has 0 aliphatic carbocycles. The van der Waals surface area contributed by atoms with Crippen LogP contribution in [0.15, 0.2) is 47.4 Å². The van der Waals surface area contributed by atoms with Crippen molar-refractivity contribution in [2.45, 2.75) is 18.4 Å². The normalized spacial score (nSPS) is 11.5. The van der Waals surface area contributed by atoms with E-state index in [-0.39, 0.29) is 16.5 Å². The molecule has 2 aromatic rings. The van der Waals surface area contributed by atoms with Crippen molar-refractivity contribution in [1.82, 2.24) is 4.31 Å². The van der Waals surface area contributed by atoms with Gasteiger partial charge in [0.05, 0.1) is 23.6 Å². The van der Waals surface area contributed by atoms with Crippen LogP contribution in [-0.4, -0.2) is 33.5 Å².